The molecule has 17 heavy (non-hydrogen) atoms. The Morgan fingerprint density at radius 1 is 1.53 bits per heavy atom. The van der Waals surface area contributed by atoms with E-state index in [0.717, 1.165) is 29.8 Å². The summed E-state index contributed by atoms with van der Waals surface area (Å²) in [5.74, 6) is 1.09. The van der Waals surface area contributed by atoms with Gasteiger partial charge in [-0.15, -0.1) is 23.7 Å². The highest BCUT2D eigenvalue weighted by molar-refractivity contribution is 9.10. The maximum Gasteiger partial charge on any atom is 0.124 e. The molecule has 0 saturated heterocycles. The molecular weight excluding hydrogens is 322 g/mol. The fourth-order valence-electron chi connectivity index (χ4n) is 1.50. The second-order valence-electron chi connectivity index (χ2n) is 3.52. The van der Waals surface area contributed by atoms with Gasteiger partial charge >= 0.3 is 0 Å². The van der Waals surface area contributed by atoms with E-state index in [1.165, 1.54) is 4.88 Å². The second kappa shape index (κ2) is 7.03. The van der Waals surface area contributed by atoms with Crippen molar-refractivity contribution in [2.75, 3.05) is 5.32 Å². The number of anilines is 1. The lowest BCUT2D eigenvalue weighted by molar-refractivity contribution is 0.607. The zero-order chi connectivity index (χ0) is 11.4. The third kappa shape index (κ3) is 4.01. The minimum Gasteiger partial charge on any atom is -0.365 e. The van der Waals surface area contributed by atoms with Gasteiger partial charge < -0.3 is 5.32 Å². The van der Waals surface area contributed by atoms with Gasteiger partial charge in [0.25, 0.3) is 0 Å². The van der Waals surface area contributed by atoms with Crippen molar-refractivity contribution < 1.29 is 0 Å². The molecule has 0 saturated carbocycles. The SMILES string of the molecule is CCCn1nccc1NCc1cc(Br)cs1.Cl. The van der Waals surface area contributed by atoms with Gasteiger partial charge in [0.15, 0.2) is 0 Å². The normalized spacial score (nSPS) is 10.0. The zero-order valence-electron chi connectivity index (χ0n) is 9.52. The fourth-order valence-corrected chi connectivity index (χ4v) is 2.89. The molecule has 6 heteroatoms. The van der Waals surface area contributed by atoms with E-state index in [9.17, 15) is 0 Å². The third-order valence-corrected chi connectivity index (χ3v) is 3.92. The van der Waals surface area contributed by atoms with E-state index in [4.69, 9.17) is 0 Å². The summed E-state index contributed by atoms with van der Waals surface area (Å²) >= 11 is 5.21. The van der Waals surface area contributed by atoms with E-state index in [0.29, 0.717) is 0 Å². The van der Waals surface area contributed by atoms with Gasteiger partial charge in [-0.1, -0.05) is 6.92 Å². The summed E-state index contributed by atoms with van der Waals surface area (Å²) in [5.41, 5.74) is 0. The van der Waals surface area contributed by atoms with Crippen molar-refractivity contribution in [3.63, 3.8) is 0 Å². The molecule has 2 rings (SSSR count). The summed E-state index contributed by atoms with van der Waals surface area (Å²) in [7, 11) is 0. The number of halogens is 2. The van der Waals surface area contributed by atoms with Crippen molar-refractivity contribution >= 4 is 45.5 Å². The molecule has 2 heterocycles. The topological polar surface area (TPSA) is 29.9 Å². The van der Waals surface area contributed by atoms with Crippen LogP contribution in [-0.4, -0.2) is 9.78 Å². The molecule has 0 atom stereocenters. The summed E-state index contributed by atoms with van der Waals surface area (Å²) in [6.45, 7) is 3.97. The number of aryl methyl sites for hydroxylation is 1. The molecule has 0 radical (unpaired) electrons. The number of nitrogens with one attached hydrogen (secondary N) is 1. The molecule has 0 aliphatic heterocycles. The van der Waals surface area contributed by atoms with Crippen molar-refractivity contribution in [1.29, 1.82) is 0 Å². The van der Waals surface area contributed by atoms with Gasteiger partial charge in [-0.05, 0) is 28.4 Å². The molecule has 0 spiro atoms. The highest BCUT2D eigenvalue weighted by Crippen LogP contribution is 2.20. The molecule has 1 N–H and O–H groups in total. The van der Waals surface area contributed by atoms with E-state index in [1.54, 1.807) is 11.3 Å². The number of hydrogen-bond donors (Lipinski definition) is 1. The van der Waals surface area contributed by atoms with Crippen LogP contribution >= 0.6 is 39.7 Å². The molecule has 3 nitrogen and oxygen atoms in total. The van der Waals surface area contributed by atoms with Crippen LogP contribution in [0, 0.1) is 0 Å². The molecular formula is C11H15BrClN3S. The zero-order valence-corrected chi connectivity index (χ0v) is 12.7. The van der Waals surface area contributed by atoms with E-state index in [-0.39, 0.29) is 12.4 Å². The fraction of sp³-hybridized carbons (Fsp3) is 0.364. The average Bonchev–Trinajstić information content (AvgIpc) is 2.85. The van der Waals surface area contributed by atoms with Crippen LogP contribution in [0.3, 0.4) is 0 Å². The van der Waals surface area contributed by atoms with Crippen molar-refractivity contribution in [1.82, 2.24) is 9.78 Å². The molecule has 0 aliphatic carbocycles. The van der Waals surface area contributed by atoms with Gasteiger partial charge in [-0.3, -0.25) is 0 Å². The predicted octanol–water partition coefficient (Wildman–Crippen LogP) is 4.15. The highest BCUT2D eigenvalue weighted by atomic mass is 79.9. The summed E-state index contributed by atoms with van der Waals surface area (Å²) in [6, 6.07) is 4.15. The first kappa shape index (κ1) is 14.5. The van der Waals surface area contributed by atoms with Crippen LogP contribution in [0.25, 0.3) is 0 Å². The predicted molar refractivity (Wildman–Crippen MR) is 79.1 cm³/mol. The molecule has 2 aromatic heterocycles. The lowest BCUT2D eigenvalue weighted by Gasteiger charge is -2.07. The summed E-state index contributed by atoms with van der Waals surface area (Å²) in [6.07, 6.45) is 2.93. The highest BCUT2D eigenvalue weighted by Gasteiger charge is 2.02. The van der Waals surface area contributed by atoms with Crippen molar-refractivity contribution in [2.24, 2.45) is 0 Å². The lowest BCUT2D eigenvalue weighted by atomic mass is 10.4. The number of rotatable bonds is 5. The van der Waals surface area contributed by atoms with Gasteiger partial charge in [0.05, 0.1) is 12.7 Å². The Bertz CT molecular complexity index is 455. The first-order valence-corrected chi connectivity index (χ1v) is 6.95. The standard InChI is InChI=1S/C11H14BrN3S.ClH/c1-2-5-15-11(3-4-14-15)13-7-10-6-9(12)8-16-10;/h3-4,6,8,13H,2,5,7H2,1H3;1H. The van der Waals surface area contributed by atoms with Gasteiger partial charge in [0.2, 0.25) is 0 Å². The van der Waals surface area contributed by atoms with E-state index in [2.05, 4.69) is 44.7 Å². The Balaban J connectivity index is 0.00000144. The Morgan fingerprint density at radius 2 is 2.35 bits per heavy atom. The van der Waals surface area contributed by atoms with Gasteiger partial charge in [0.1, 0.15) is 5.82 Å². The van der Waals surface area contributed by atoms with E-state index >= 15 is 0 Å². The van der Waals surface area contributed by atoms with Crippen LogP contribution in [0.5, 0.6) is 0 Å². The maximum atomic E-state index is 4.27. The molecule has 0 fully saturated rings. The van der Waals surface area contributed by atoms with Gasteiger partial charge in [-0.25, -0.2) is 4.68 Å². The minimum absolute atomic E-state index is 0. The minimum atomic E-state index is 0. The van der Waals surface area contributed by atoms with Crippen LogP contribution in [-0.2, 0) is 13.1 Å². The Kier molecular flexibility index (Phi) is 6.02. The molecule has 94 valence electrons. The second-order valence-corrected chi connectivity index (χ2v) is 5.44. The van der Waals surface area contributed by atoms with Crippen LogP contribution in [0.15, 0.2) is 28.2 Å². The lowest BCUT2D eigenvalue weighted by Crippen LogP contribution is -2.07. The molecule has 0 bridgehead atoms. The Morgan fingerprint density at radius 3 is 3.00 bits per heavy atom. The summed E-state index contributed by atoms with van der Waals surface area (Å²) in [5, 5.41) is 9.77. The smallest absolute Gasteiger partial charge is 0.124 e. The van der Waals surface area contributed by atoms with Gasteiger partial charge in [0, 0.05) is 27.3 Å². The number of nitrogens with zero attached hydrogens (tertiary/aromatic N) is 2. The quantitative estimate of drug-likeness (QED) is 0.889. The number of aromatic nitrogens is 2. The monoisotopic (exact) mass is 335 g/mol. The van der Waals surface area contributed by atoms with Crippen LogP contribution in [0.4, 0.5) is 5.82 Å². The van der Waals surface area contributed by atoms with Crippen LogP contribution < -0.4 is 5.32 Å². The maximum absolute atomic E-state index is 4.27. The van der Waals surface area contributed by atoms with Crippen molar-refractivity contribution in [2.45, 2.75) is 26.4 Å². The van der Waals surface area contributed by atoms with Crippen molar-refractivity contribution in [3.8, 4) is 0 Å². The third-order valence-electron chi connectivity index (χ3n) is 2.22. The van der Waals surface area contributed by atoms with E-state index in [1.807, 2.05) is 16.9 Å². The van der Waals surface area contributed by atoms with Crippen LogP contribution in [0.2, 0.25) is 0 Å². The molecule has 0 unspecified atom stereocenters. The summed E-state index contributed by atoms with van der Waals surface area (Å²) < 4.78 is 3.15. The summed E-state index contributed by atoms with van der Waals surface area (Å²) in [4.78, 5) is 1.32. The average molecular weight is 337 g/mol. The molecule has 0 aromatic carbocycles. The Labute approximate surface area is 120 Å². The van der Waals surface area contributed by atoms with Crippen LogP contribution in [0.1, 0.15) is 18.2 Å². The Hall–Kier alpha value is -0.520. The van der Waals surface area contributed by atoms with Crippen molar-refractivity contribution in [3.05, 3.63) is 33.1 Å². The molecule has 0 aliphatic rings. The first-order valence-electron chi connectivity index (χ1n) is 5.28. The number of thiophene rings is 1. The molecule has 2 aromatic rings. The first-order chi connectivity index (χ1) is 7.79. The van der Waals surface area contributed by atoms with Gasteiger partial charge in [-0.2, -0.15) is 5.10 Å². The number of hydrogen-bond acceptors (Lipinski definition) is 3. The van der Waals surface area contributed by atoms with E-state index < -0.39 is 0 Å². The molecule has 0 amide bonds. The largest absolute Gasteiger partial charge is 0.365 e.